The molecule has 1 aromatic heterocycles. The smallest absolute Gasteiger partial charge is 0.416 e. The van der Waals surface area contributed by atoms with Crippen molar-refractivity contribution >= 4 is 11.7 Å². The molecule has 1 atom stereocenters. The van der Waals surface area contributed by atoms with E-state index in [4.69, 9.17) is 9.84 Å². The summed E-state index contributed by atoms with van der Waals surface area (Å²) in [6.45, 7) is 4.40. The molecule has 1 heterocycles. The summed E-state index contributed by atoms with van der Waals surface area (Å²) in [6.07, 6.45) is -2.81. The van der Waals surface area contributed by atoms with E-state index in [0.717, 1.165) is 17.8 Å². The van der Waals surface area contributed by atoms with Crippen molar-refractivity contribution in [1.82, 2.24) is 4.98 Å². The highest BCUT2D eigenvalue weighted by Gasteiger charge is 2.30. The Balaban J connectivity index is 1.61. The normalized spacial score (nSPS) is 12.4. The third-order valence-corrected chi connectivity index (χ3v) is 4.98. The number of rotatable bonds is 8. The van der Waals surface area contributed by atoms with Crippen molar-refractivity contribution in [2.24, 2.45) is 5.92 Å². The molecule has 0 aliphatic rings. The first-order valence-corrected chi connectivity index (χ1v) is 10.00. The zero-order valence-corrected chi connectivity index (χ0v) is 17.6. The van der Waals surface area contributed by atoms with Crippen LogP contribution in [0.3, 0.4) is 0 Å². The first-order chi connectivity index (χ1) is 15.1. The van der Waals surface area contributed by atoms with Crippen LogP contribution in [0.2, 0.25) is 0 Å². The van der Waals surface area contributed by atoms with Gasteiger partial charge in [0, 0.05) is 23.5 Å². The van der Waals surface area contributed by atoms with E-state index in [1.165, 1.54) is 24.3 Å². The number of anilines is 1. The van der Waals surface area contributed by atoms with Crippen molar-refractivity contribution in [3.63, 3.8) is 0 Å². The van der Waals surface area contributed by atoms with Gasteiger partial charge in [-0.3, -0.25) is 0 Å². The van der Waals surface area contributed by atoms with E-state index < -0.39 is 17.7 Å². The van der Waals surface area contributed by atoms with E-state index in [1.807, 2.05) is 13.8 Å². The Morgan fingerprint density at radius 2 is 1.62 bits per heavy atom. The van der Waals surface area contributed by atoms with E-state index in [1.54, 1.807) is 30.5 Å². The quantitative estimate of drug-likeness (QED) is 0.447. The van der Waals surface area contributed by atoms with Gasteiger partial charge in [-0.15, -0.1) is 0 Å². The van der Waals surface area contributed by atoms with Crippen LogP contribution in [0.15, 0.2) is 66.9 Å². The fourth-order valence-electron chi connectivity index (χ4n) is 2.99. The zero-order chi connectivity index (χ0) is 23.3. The van der Waals surface area contributed by atoms with Crippen molar-refractivity contribution in [2.75, 3.05) is 11.9 Å². The van der Waals surface area contributed by atoms with Crippen LogP contribution in [0.4, 0.5) is 18.9 Å². The minimum absolute atomic E-state index is 0.0536. The molecule has 0 amide bonds. The average molecular weight is 444 g/mol. The van der Waals surface area contributed by atoms with Crippen LogP contribution in [0, 0.1) is 5.92 Å². The molecule has 0 radical (unpaired) electrons. The number of nitrogens with zero attached hydrogens (tertiary/aromatic N) is 1. The van der Waals surface area contributed by atoms with Gasteiger partial charge in [-0.2, -0.15) is 13.2 Å². The molecular formula is C24H23F3N2O3. The fraction of sp³-hybridized carbons (Fsp3) is 0.250. The van der Waals surface area contributed by atoms with Gasteiger partial charge >= 0.3 is 12.1 Å². The van der Waals surface area contributed by atoms with Crippen LogP contribution in [-0.4, -0.2) is 28.7 Å². The standard InChI is InChI=1S/C24H23F3N2O3/c1-15(2)21(29-20-10-5-17(6-11-20)23(30)31)14-32-22-12-7-18(13-28-22)16-3-8-19(9-4-16)24(25,26)27/h3-13,15,21,29H,14H2,1-2H3,(H,30,31)/t21-/m1/s1. The lowest BCUT2D eigenvalue weighted by Crippen LogP contribution is -2.32. The highest BCUT2D eigenvalue weighted by atomic mass is 19.4. The number of nitrogens with one attached hydrogen (secondary N) is 1. The average Bonchev–Trinajstić information content (AvgIpc) is 2.76. The van der Waals surface area contributed by atoms with Crippen molar-refractivity contribution in [2.45, 2.75) is 26.1 Å². The number of aromatic nitrogens is 1. The topological polar surface area (TPSA) is 71.5 Å². The Bertz CT molecular complexity index is 1030. The fourth-order valence-corrected chi connectivity index (χ4v) is 2.99. The maximum absolute atomic E-state index is 12.7. The molecule has 32 heavy (non-hydrogen) atoms. The first-order valence-electron chi connectivity index (χ1n) is 10.00. The van der Waals surface area contributed by atoms with Gasteiger partial charge in [0.25, 0.3) is 0 Å². The van der Waals surface area contributed by atoms with E-state index in [0.29, 0.717) is 23.6 Å². The molecule has 0 bridgehead atoms. The predicted molar refractivity (Wildman–Crippen MR) is 116 cm³/mol. The van der Waals surface area contributed by atoms with Gasteiger partial charge < -0.3 is 15.2 Å². The third-order valence-electron chi connectivity index (χ3n) is 4.98. The molecule has 0 saturated heterocycles. The molecule has 8 heteroatoms. The van der Waals surface area contributed by atoms with Gasteiger partial charge in [-0.1, -0.05) is 26.0 Å². The highest BCUT2D eigenvalue weighted by Crippen LogP contribution is 2.31. The van der Waals surface area contributed by atoms with Gasteiger partial charge in [0.1, 0.15) is 6.61 Å². The SMILES string of the molecule is CC(C)[C@@H](COc1ccc(-c2ccc(C(F)(F)F)cc2)cn1)Nc1ccc(C(=O)O)cc1. The van der Waals surface area contributed by atoms with Gasteiger partial charge in [-0.25, -0.2) is 9.78 Å². The number of carboxylic acids is 1. The first kappa shape index (κ1) is 23.1. The number of benzene rings is 2. The van der Waals surface area contributed by atoms with Gasteiger partial charge in [-0.05, 0) is 53.9 Å². The molecule has 3 rings (SSSR count). The Morgan fingerprint density at radius 3 is 2.12 bits per heavy atom. The highest BCUT2D eigenvalue weighted by molar-refractivity contribution is 5.88. The molecule has 3 aromatic rings. The van der Waals surface area contributed by atoms with Crippen molar-refractivity contribution in [1.29, 1.82) is 0 Å². The van der Waals surface area contributed by atoms with E-state index in [9.17, 15) is 18.0 Å². The lowest BCUT2D eigenvalue weighted by molar-refractivity contribution is -0.137. The largest absolute Gasteiger partial charge is 0.478 e. The summed E-state index contributed by atoms with van der Waals surface area (Å²) in [5.74, 6) is -0.360. The number of hydrogen-bond acceptors (Lipinski definition) is 4. The van der Waals surface area contributed by atoms with Crippen LogP contribution in [0.1, 0.15) is 29.8 Å². The maximum atomic E-state index is 12.7. The number of carboxylic acid groups (broad SMARTS) is 1. The molecule has 0 aliphatic heterocycles. The summed E-state index contributed by atoms with van der Waals surface area (Å²) in [4.78, 5) is 15.2. The maximum Gasteiger partial charge on any atom is 0.416 e. The van der Waals surface area contributed by atoms with Gasteiger partial charge in [0.15, 0.2) is 0 Å². The number of pyridine rings is 1. The minimum atomic E-state index is -4.37. The Kier molecular flexibility index (Phi) is 7.02. The van der Waals surface area contributed by atoms with E-state index >= 15 is 0 Å². The second kappa shape index (κ2) is 9.72. The zero-order valence-electron chi connectivity index (χ0n) is 17.6. The van der Waals surface area contributed by atoms with Crippen LogP contribution >= 0.6 is 0 Å². The third kappa shape index (κ3) is 6.00. The molecule has 0 fully saturated rings. The Hall–Kier alpha value is -3.55. The number of hydrogen-bond donors (Lipinski definition) is 2. The number of halogens is 3. The monoisotopic (exact) mass is 444 g/mol. The van der Waals surface area contributed by atoms with Crippen molar-refractivity contribution in [3.8, 4) is 17.0 Å². The summed E-state index contributed by atoms with van der Waals surface area (Å²) in [5, 5.41) is 12.3. The summed E-state index contributed by atoms with van der Waals surface area (Å²) >= 11 is 0. The van der Waals surface area contributed by atoms with Crippen LogP contribution in [0.25, 0.3) is 11.1 Å². The number of ether oxygens (including phenoxy) is 1. The number of aromatic carboxylic acids is 1. The Morgan fingerprint density at radius 1 is 1.00 bits per heavy atom. The lowest BCUT2D eigenvalue weighted by atomic mass is 10.0. The molecule has 5 nitrogen and oxygen atoms in total. The Labute approximate surface area is 183 Å². The van der Waals surface area contributed by atoms with Crippen LogP contribution in [-0.2, 0) is 6.18 Å². The number of carbonyl (C=O) groups is 1. The second-order valence-corrected chi connectivity index (χ2v) is 7.65. The molecule has 2 N–H and O–H groups in total. The van der Waals surface area contributed by atoms with E-state index in [-0.39, 0.29) is 17.5 Å². The van der Waals surface area contributed by atoms with Gasteiger partial charge in [0.2, 0.25) is 5.88 Å². The predicted octanol–water partition coefficient (Wildman–Crippen LogP) is 5.98. The molecule has 0 aliphatic carbocycles. The second-order valence-electron chi connectivity index (χ2n) is 7.65. The van der Waals surface area contributed by atoms with Crippen molar-refractivity contribution < 1.29 is 27.8 Å². The lowest BCUT2D eigenvalue weighted by Gasteiger charge is -2.23. The van der Waals surface area contributed by atoms with E-state index in [2.05, 4.69) is 10.3 Å². The summed E-state index contributed by atoms with van der Waals surface area (Å²) in [6, 6.07) is 14.7. The summed E-state index contributed by atoms with van der Waals surface area (Å²) in [5.41, 5.74) is 1.61. The molecular weight excluding hydrogens is 421 g/mol. The summed E-state index contributed by atoms with van der Waals surface area (Å²) < 4.78 is 43.9. The molecule has 168 valence electrons. The van der Waals surface area contributed by atoms with Gasteiger partial charge in [0.05, 0.1) is 17.2 Å². The number of alkyl halides is 3. The van der Waals surface area contributed by atoms with Crippen LogP contribution < -0.4 is 10.1 Å². The molecule has 0 unspecified atom stereocenters. The van der Waals surface area contributed by atoms with Crippen LogP contribution in [0.5, 0.6) is 5.88 Å². The molecule has 0 saturated carbocycles. The molecule has 2 aromatic carbocycles. The minimum Gasteiger partial charge on any atom is -0.478 e. The van der Waals surface area contributed by atoms with Crippen molar-refractivity contribution in [3.05, 3.63) is 78.0 Å². The summed E-state index contributed by atoms with van der Waals surface area (Å²) in [7, 11) is 0. The molecule has 0 spiro atoms.